The number of amides is 1. The van der Waals surface area contributed by atoms with Crippen LogP contribution in [-0.4, -0.2) is 64.0 Å². The Morgan fingerprint density at radius 3 is 2.86 bits per heavy atom. The van der Waals surface area contributed by atoms with E-state index in [-0.39, 0.29) is 24.6 Å². The molecule has 2 aliphatic rings. The number of fused-ring (bicyclic) bond motifs is 1. The van der Waals surface area contributed by atoms with Gasteiger partial charge in [-0.15, -0.1) is 0 Å². The number of hydrogen-bond acceptors (Lipinski definition) is 5. The number of nitrogens with zero attached hydrogens (tertiary/aromatic N) is 3. The number of carbonyl (C=O) groups excluding carboxylic acids is 1. The van der Waals surface area contributed by atoms with E-state index in [4.69, 9.17) is 11.6 Å². The highest BCUT2D eigenvalue weighted by atomic mass is 35.5. The van der Waals surface area contributed by atoms with Crippen molar-refractivity contribution < 1.29 is 9.90 Å². The van der Waals surface area contributed by atoms with Crippen molar-refractivity contribution in [3.63, 3.8) is 0 Å². The normalized spacial score (nSPS) is 20.8. The van der Waals surface area contributed by atoms with E-state index in [0.717, 1.165) is 48.1 Å². The second-order valence-corrected chi connectivity index (χ2v) is 8.55. The number of aliphatic hydroxyl groups is 1. The molecule has 0 spiro atoms. The molecule has 2 atom stereocenters. The fourth-order valence-electron chi connectivity index (χ4n) is 4.30. The first kappa shape index (κ1) is 20.6. The number of carbonyl (C=O) groups is 1. The standard InChI is InChI=1S/C21H30ClN5O2/c1-13-20-17(22)10-15(11-19(20)26(25-13)8-3-9-28)14(2)27(16-4-5-16)21(29)18-12-23-6-7-24-18/h10-11,14,16,18,23-24,28H,3-9,12H2,1-2H3/t14?,18-/m1/s1. The molecular formula is C21H30ClN5O2. The van der Waals surface area contributed by atoms with Gasteiger partial charge in [-0.1, -0.05) is 11.6 Å². The van der Waals surface area contributed by atoms with E-state index in [1.54, 1.807) is 0 Å². The zero-order valence-electron chi connectivity index (χ0n) is 17.1. The maximum atomic E-state index is 13.3. The summed E-state index contributed by atoms with van der Waals surface area (Å²) in [5, 5.41) is 22.1. The van der Waals surface area contributed by atoms with E-state index in [1.807, 2.05) is 22.6 Å². The van der Waals surface area contributed by atoms with Crippen molar-refractivity contribution in [1.29, 1.82) is 0 Å². The monoisotopic (exact) mass is 419 g/mol. The van der Waals surface area contributed by atoms with Crippen molar-refractivity contribution in [2.45, 2.75) is 57.8 Å². The van der Waals surface area contributed by atoms with Gasteiger partial charge in [0.05, 0.1) is 28.3 Å². The van der Waals surface area contributed by atoms with Gasteiger partial charge in [-0.3, -0.25) is 9.48 Å². The molecule has 29 heavy (non-hydrogen) atoms. The van der Waals surface area contributed by atoms with Crippen LogP contribution in [0.15, 0.2) is 12.1 Å². The first-order valence-electron chi connectivity index (χ1n) is 10.5. The van der Waals surface area contributed by atoms with Crippen molar-refractivity contribution >= 4 is 28.4 Å². The Hall–Kier alpha value is -1.67. The molecule has 8 heteroatoms. The Labute approximate surface area is 176 Å². The van der Waals surface area contributed by atoms with Crippen molar-refractivity contribution in [2.75, 3.05) is 26.2 Å². The molecule has 0 bridgehead atoms. The van der Waals surface area contributed by atoms with Crippen LogP contribution in [0.2, 0.25) is 5.02 Å². The quantitative estimate of drug-likeness (QED) is 0.639. The minimum absolute atomic E-state index is 0.0675. The number of halogens is 1. The molecule has 4 rings (SSSR count). The third-order valence-electron chi connectivity index (χ3n) is 5.96. The first-order chi connectivity index (χ1) is 14.0. The van der Waals surface area contributed by atoms with Crippen molar-refractivity contribution in [1.82, 2.24) is 25.3 Å². The molecule has 2 fully saturated rings. The lowest BCUT2D eigenvalue weighted by Gasteiger charge is -2.35. The van der Waals surface area contributed by atoms with Crippen LogP contribution in [0.5, 0.6) is 0 Å². The molecule has 2 heterocycles. The predicted octanol–water partition coefficient (Wildman–Crippen LogP) is 1.99. The van der Waals surface area contributed by atoms with Gasteiger partial charge in [0.2, 0.25) is 5.91 Å². The summed E-state index contributed by atoms with van der Waals surface area (Å²) in [5.41, 5.74) is 2.87. The van der Waals surface area contributed by atoms with E-state index in [1.165, 1.54) is 0 Å². The summed E-state index contributed by atoms with van der Waals surface area (Å²) in [6, 6.07) is 4.15. The van der Waals surface area contributed by atoms with E-state index < -0.39 is 0 Å². The van der Waals surface area contributed by atoms with E-state index in [0.29, 0.717) is 30.6 Å². The SMILES string of the molecule is Cc1nn(CCCO)c2cc(C(C)N(C(=O)[C@H]3CNCCN3)C3CC3)cc(Cl)c12. The van der Waals surface area contributed by atoms with E-state index in [2.05, 4.69) is 28.7 Å². The lowest BCUT2D eigenvalue weighted by Crippen LogP contribution is -2.57. The summed E-state index contributed by atoms with van der Waals surface area (Å²) in [6.45, 7) is 7.17. The molecule has 3 N–H and O–H groups in total. The topological polar surface area (TPSA) is 82.4 Å². The number of nitrogens with one attached hydrogen (secondary N) is 2. The molecule has 2 aromatic rings. The lowest BCUT2D eigenvalue weighted by molar-refractivity contribution is -0.136. The van der Waals surface area contributed by atoms with Gasteiger partial charge in [-0.25, -0.2) is 0 Å². The van der Waals surface area contributed by atoms with Crippen LogP contribution in [-0.2, 0) is 11.3 Å². The summed E-state index contributed by atoms with van der Waals surface area (Å²) >= 11 is 6.66. The Morgan fingerprint density at radius 1 is 1.41 bits per heavy atom. The molecule has 158 valence electrons. The number of hydrogen-bond donors (Lipinski definition) is 3. The highest BCUT2D eigenvalue weighted by molar-refractivity contribution is 6.35. The molecule has 1 aliphatic heterocycles. The second kappa shape index (κ2) is 8.60. The smallest absolute Gasteiger partial charge is 0.241 e. The number of rotatable bonds is 7. The number of aliphatic hydroxyl groups excluding tert-OH is 1. The fourth-order valence-corrected chi connectivity index (χ4v) is 4.66. The molecule has 1 amide bonds. The van der Waals surface area contributed by atoms with Gasteiger partial charge in [0.25, 0.3) is 0 Å². The molecule has 1 saturated carbocycles. The minimum Gasteiger partial charge on any atom is -0.396 e. The maximum absolute atomic E-state index is 13.3. The van der Waals surface area contributed by atoms with Crippen LogP contribution >= 0.6 is 11.6 Å². The zero-order valence-corrected chi connectivity index (χ0v) is 17.9. The lowest BCUT2D eigenvalue weighted by atomic mass is 10.0. The molecule has 7 nitrogen and oxygen atoms in total. The first-order valence-corrected chi connectivity index (χ1v) is 10.9. The Balaban J connectivity index is 1.67. The Bertz CT molecular complexity index is 889. The van der Waals surface area contributed by atoms with Gasteiger partial charge in [-0.2, -0.15) is 5.10 Å². The molecule has 1 unspecified atom stereocenters. The second-order valence-electron chi connectivity index (χ2n) is 8.15. The molecular weight excluding hydrogens is 390 g/mol. The highest BCUT2D eigenvalue weighted by Gasteiger charge is 2.39. The van der Waals surface area contributed by atoms with E-state index in [9.17, 15) is 9.90 Å². The average Bonchev–Trinajstić information content (AvgIpc) is 3.50. The van der Waals surface area contributed by atoms with Crippen LogP contribution < -0.4 is 10.6 Å². The molecule has 1 aliphatic carbocycles. The van der Waals surface area contributed by atoms with Crippen LogP contribution in [0, 0.1) is 6.92 Å². The van der Waals surface area contributed by atoms with E-state index >= 15 is 0 Å². The minimum atomic E-state index is -0.177. The van der Waals surface area contributed by atoms with Crippen molar-refractivity contribution in [3.05, 3.63) is 28.4 Å². The number of piperazine rings is 1. The molecule has 1 aromatic carbocycles. The maximum Gasteiger partial charge on any atom is 0.241 e. The third-order valence-corrected chi connectivity index (χ3v) is 6.26. The number of aryl methyl sites for hydroxylation is 2. The molecule has 1 aromatic heterocycles. The van der Waals surface area contributed by atoms with Crippen molar-refractivity contribution in [3.8, 4) is 0 Å². The predicted molar refractivity (Wildman–Crippen MR) is 114 cm³/mol. The summed E-state index contributed by atoms with van der Waals surface area (Å²) in [4.78, 5) is 15.3. The Morgan fingerprint density at radius 2 is 2.21 bits per heavy atom. The van der Waals surface area contributed by atoms with Gasteiger partial charge in [0.1, 0.15) is 0 Å². The van der Waals surface area contributed by atoms with Gasteiger partial charge >= 0.3 is 0 Å². The summed E-state index contributed by atoms with van der Waals surface area (Å²) < 4.78 is 1.92. The highest BCUT2D eigenvalue weighted by Crippen LogP contribution is 2.38. The van der Waals surface area contributed by atoms with Crippen molar-refractivity contribution in [2.24, 2.45) is 0 Å². The zero-order chi connectivity index (χ0) is 20.5. The summed E-state index contributed by atoms with van der Waals surface area (Å²) in [6.07, 6.45) is 2.75. The van der Waals surface area contributed by atoms with Crippen LogP contribution in [0.4, 0.5) is 0 Å². The van der Waals surface area contributed by atoms with Gasteiger partial charge < -0.3 is 20.6 Å². The van der Waals surface area contributed by atoms with Crippen LogP contribution in [0.1, 0.15) is 43.5 Å². The number of benzene rings is 1. The van der Waals surface area contributed by atoms with Gasteiger partial charge in [-0.05, 0) is 50.8 Å². The molecule has 0 radical (unpaired) electrons. The molecule has 1 saturated heterocycles. The van der Waals surface area contributed by atoms with Crippen LogP contribution in [0.25, 0.3) is 10.9 Å². The Kier molecular flexibility index (Phi) is 6.11. The third kappa shape index (κ3) is 4.14. The fraction of sp³-hybridized carbons (Fsp3) is 0.619. The largest absolute Gasteiger partial charge is 0.396 e. The van der Waals surface area contributed by atoms with Gasteiger partial charge in [0, 0.05) is 44.2 Å². The average molecular weight is 420 g/mol. The van der Waals surface area contributed by atoms with Gasteiger partial charge in [0.15, 0.2) is 0 Å². The number of aromatic nitrogens is 2. The summed E-state index contributed by atoms with van der Waals surface area (Å²) in [7, 11) is 0. The summed E-state index contributed by atoms with van der Waals surface area (Å²) in [5.74, 6) is 0.161. The van der Waals surface area contributed by atoms with Crippen LogP contribution in [0.3, 0.4) is 0 Å².